The van der Waals surface area contributed by atoms with Crippen molar-refractivity contribution in [1.82, 2.24) is 24.1 Å². The molecule has 154 valence electrons. The van der Waals surface area contributed by atoms with Crippen molar-refractivity contribution in [3.8, 4) is 0 Å². The Balaban J connectivity index is 1.85. The molecule has 1 fully saturated rings. The van der Waals surface area contributed by atoms with Crippen molar-refractivity contribution in [2.24, 2.45) is 0 Å². The van der Waals surface area contributed by atoms with E-state index >= 15 is 0 Å². The molecule has 2 N–H and O–H groups in total. The molecule has 9 nitrogen and oxygen atoms in total. The minimum Gasteiger partial charge on any atom is -0.395 e. The van der Waals surface area contributed by atoms with Crippen molar-refractivity contribution in [1.29, 1.82) is 0 Å². The van der Waals surface area contributed by atoms with Crippen LogP contribution in [0.2, 0.25) is 0 Å². The van der Waals surface area contributed by atoms with Gasteiger partial charge in [-0.15, -0.1) is 16.9 Å². The lowest BCUT2D eigenvalue weighted by molar-refractivity contribution is 0.137. The third-order valence-corrected chi connectivity index (χ3v) is 6.50. The van der Waals surface area contributed by atoms with E-state index in [1.54, 1.807) is 17.8 Å². The smallest absolute Gasteiger partial charge is 0.332 e. The normalized spacial score (nSPS) is 22.1. The maximum atomic E-state index is 13.0. The van der Waals surface area contributed by atoms with Crippen LogP contribution in [-0.4, -0.2) is 52.3 Å². The minimum atomic E-state index is -0.685. The molecule has 1 saturated heterocycles. The summed E-state index contributed by atoms with van der Waals surface area (Å²) in [6.45, 7) is 4.45. The molecule has 1 aliphatic heterocycles. The van der Waals surface area contributed by atoms with Gasteiger partial charge in [-0.3, -0.25) is 18.6 Å². The Bertz CT molecular complexity index is 921. The number of aliphatic hydroxyl groups is 2. The van der Waals surface area contributed by atoms with E-state index in [2.05, 4.69) is 17.2 Å². The van der Waals surface area contributed by atoms with Gasteiger partial charge in [0, 0.05) is 24.7 Å². The first kappa shape index (κ1) is 20.8. The van der Waals surface area contributed by atoms with E-state index in [-0.39, 0.29) is 29.3 Å². The summed E-state index contributed by atoms with van der Waals surface area (Å²) in [6, 6.07) is 0. The van der Waals surface area contributed by atoms with Gasteiger partial charge >= 0.3 is 5.69 Å². The predicted molar refractivity (Wildman–Crippen MR) is 106 cm³/mol. The van der Waals surface area contributed by atoms with Crippen molar-refractivity contribution in [3.63, 3.8) is 0 Å². The first-order chi connectivity index (χ1) is 13.4. The van der Waals surface area contributed by atoms with Crippen LogP contribution in [-0.2, 0) is 13.1 Å². The van der Waals surface area contributed by atoms with Gasteiger partial charge in [0.2, 0.25) is 0 Å². The number of thioether (sulfide) groups is 1. The third-order valence-electron chi connectivity index (χ3n) is 4.96. The van der Waals surface area contributed by atoms with E-state index in [0.717, 1.165) is 30.4 Å². The maximum Gasteiger partial charge on any atom is 0.332 e. The van der Waals surface area contributed by atoms with Gasteiger partial charge in [-0.05, 0) is 13.3 Å². The topological polar surface area (TPSA) is 115 Å². The Labute approximate surface area is 167 Å². The predicted octanol–water partition coefficient (Wildman–Crippen LogP) is 0.506. The van der Waals surface area contributed by atoms with Crippen molar-refractivity contribution >= 4 is 11.8 Å². The highest BCUT2D eigenvalue weighted by molar-refractivity contribution is 8.00. The van der Waals surface area contributed by atoms with Crippen molar-refractivity contribution < 1.29 is 10.2 Å². The van der Waals surface area contributed by atoms with Crippen molar-refractivity contribution in [3.05, 3.63) is 44.5 Å². The summed E-state index contributed by atoms with van der Waals surface area (Å²) in [5.41, 5.74) is 0.195. The average Bonchev–Trinajstić information content (AvgIpc) is 3.28. The summed E-state index contributed by atoms with van der Waals surface area (Å²) in [5.74, 6) is 0. The van der Waals surface area contributed by atoms with Gasteiger partial charge in [0.25, 0.3) is 5.56 Å². The van der Waals surface area contributed by atoms with E-state index in [0.29, 0.717) is 17.7 Å². The van der Waals surface area contributed by atoms with Gasteiger partial charge in [-0.25, -0.2) is 4.79 Å². The molecule has 0 aliphatic carbocycles. The molecule has 10 heteroatoms. The third kappa shape index (κ3) is 4.39. The Morgan fingerprint density at radius 1 is 1.29 bits per heavy atom. The number of aryl methyl sites for hydroxylation is 2. The zero-order valence-corrected chi connectivity index (χ0v) is 17.0. The van der Waals surface area contributed by atoms with Crippen LogP contribution in [0.5, 0.6) is 0 Å². The molecule has 1 aliphatic rings. The zero-order valence-electron chi connectivity index (χ0n) is 16.2. The maximum absolute atomic E-state index is 13.0. The molecule has 3 atom stereocenters. The van der Waals surface area contributed by atoms with Crippen molar-refractivity contribution in [2.45, 2.75) is 69.3 Å². The first-order valence-corrected chi connectivity index (χ1v) is 10.5. The molecule has 3 rings (SSSR count). The molecule has 28 heavy (non-hydrogen) atoms. The minimum absolute atomic E-state index is 0.0521. The molecule has 0 radical (unpaired) electrons. The number of aromatic nitrogens is 5. The number of hydrogen-bond donors (Lipinski definition) is 2. The molecule has 2 aromatic rings. The number of hydrogen-bond acceptors (Lipinski definition) is 7. The largest absolute Gasteiger partial charge is 0.395 e. The molecular formula is C18H27N5O4S. The number of rotatable bonds is 8. The lowest BCUT2D eigenvalue weighted by Crippen LogP contribution is -2.41. The second-order valence-electron chi connectivity index (χ2n) is 7.19. The van der Waals surface area contributed by atoms with E-state index in [4.69, 9.17) is 0 Å². The molecule has 2 aromatic heterocycles. The molecule has 0 aromatic carbocycles. The summed E-state index contributed by atoms with van der Waals surface area (Å²) < 4.78 is 4.38. The number of aliphatic hydroxyl groups excluding tert-OH is 2. The molecule has 0 saturated carbocycles. The van der Waals surface area contributed by atoms with Crippen LogP contribution < -0.4 is 11.2 Å². The molecular weight excluding hydrogens is 382 g/mol. The summed E-state index contributed by atoms with van der Waals surface area (Å²) in [6.07, 6.45) is 6.19. The lowest BCUT2D eigenvalue weighted by atomic mass is 10.2. The van der Waals surface area contributed by atoms with Crippen LogP contribution in [0.3, 0.4) is 0 Å². The van der Waals surface area contributed by atoms with Gasteiger partial charge in [0.1, 0.15) is 5.69 Å². The van der Waals surface area contributed by atoms with E-state index in [9.17, 15) is 19.8 Å². The summed E-state index contributed by atoms with van der Waals surface area (Å²) in [5, 5.41) is 26.9. The fourth-order valence-electron chi connectivity index (χ4n) is 3.36. The monoisotopic (exact) mass is 409 g/mol. The average molecular weight is 410 g/mol. The van der Waals surface area contributed by atoms with Crippen LogP contribution in [0.25, 0.3) is 0 Å². The molecule has 0 amide bonds. The molecule has 3 heterocycles. The zero-order chi connectivity index (χ0) is 20.3. The Hall–Kier alpha value is -1.91. The molecule has 0 spiro atoms. The Kier molecular flexibility index (Phi) is 6.73. The SMILES string of the molecule is CCCCCn1cc(Cn2c(=O)c(C)cn(C3CC(O)C(CO)S3)c2=O)nn1. The fourth-order valence-corrected chi connectivity index (χ4v) is 4.73. The van der Waals surface area contributed by atoms with Gasteiger partial charge < -0.3 is 10.2 Å². The standard InChI is InChI=1S/C18H27N5O4S/c1-3-4-5-6-21-9-13(19-20-21)10-23-17(26)12(2)8-22(18(23)27)16-7-14(25)15(11-24)28-16/h8-9,14-16,24-25H,3-7,10-11H2,1-2H3. The van der Waals surface area contributed by atoms with Crippen LogP contribution in [0.4, 0.5) is 0 Å². The summed E-state index contributed by atoms with van der Waals surface area (Å²) in [4.78, 5) is 25.5. The second kappa shape index (κ2) is 9.06. The lowest BCUT2D eigenvalue weighted by Gasteiger charge is -2.16. The van der Waals surface area contributed by atoms with Gasteiger partial charge in [-0.2, -0.15) is 0 Å². The Morgan fingerprint density at radius 3 is 2.75 bits per heavy atom. The van der Waals surface area contributed by atoms with Gasteiger partial charge in [-0.1, -0.05) is 25.0 Å². The molecule has 0 bridgehead atoms. The summed E-state index contributed by atoms with van der Waals surface area (Å²) in [7, 11) is 0. The fraction of sp³-hybridized carbons (Fsp3) is 0.667. The molecule has 3 unspecified atom stereocenters. The second-order valence-corrected chi connectivity index (χ2v) is 8.61. The van der Waals surface area contributed by atoms with Crippen LogP contribution >= 0.6 is 11.8 Å². The van der Waals surface area contributed by atoms with Crippen LogP contribution in [0.15, 0.2) is 22.0 Å². The first-order valence-electron chi connectivity index (χ1n) is 9.60. The van der Waals surface area contributed by atoms with E-state index in [1.807, 2.05) is 0 Å². The van der Waals surface area contributed by atoms with Crippen LogP contribution in [0, 0.1) is 6.92 Å². The number of nitrogens with zero attached hydrogens (tertiary/aromatic N) is 5. The van der Waals surface area contributed by atoms with Gasteiger partial charge in [0.15, 0.2) is 0 Å². The highest BCUT2D eigenvalue weighted by Gasteiger charge is 2.35. The van der Waals surface area contributed by atoms with E-state index in [1.165, 1.54) is 22.5 Å². The highest BCUT2D eigenvalue weighted by Crippen LogP contribution is 2.40. The highest BCUT2D eigenvalue weighted by atomic mass is 32.2. The summed E-state index contributed by atoms with van der Waals surface area (Å²) >= 11 is 1.35. The van der Waals surface area contributed by atoms with Gasteiger partial charge in [0.05, 0.1) is 36.1 Å². The Morgan fingerprint density at radius 2 is 2.07 bits per heavy atom. The quantitative estimate of drug-likeness (QED) is 0.610. The number of unbranched alkanes of at least 4 members (excludes halogenated alkanes) is 2. The van der Waals surface area contributed by atoms with Crippen LogP contribution in [0.1, 0.15) is 49.2 Å². The van der Waals surface area contributed by atoms with E-state index < -0.39 is 11.8 Å². The van der Waals surface area contributed by atoms with Crippen molar-refractivity contribution in [2.75, 3.05) is 6.61 Å².